The molecule has 1 N–H and O–H groups in total. The number of H-pyrrole nitrogens is 1. The van der Waals surface area contributed by atoms with Gasteiger partial charge in [-0.1, -0.05) is 108 Å². The van der Waals surface area contributed by atoms with E-state index in [4.69, 9.17) is 19.3 Å². The Bertz CT molecular complexity index is 1030. The van der Waals surface area contributed by atoms with Crippen molar-refractivity contribution in [1.29, 1.82) is 0 Å². The van der Waals surface area contributed by atoms with Crippen LogP contribution in [0.1, 0.15) is 128 Å². The predicted molar refractivity (Wildman–Crippen MR) is 157 cm³/mol. The number of unbranched alkanes of at least 4 members (excludes halogenated alkanes) is 15. The zero-order valence-electron chi connectivity index (χ0n) is 24.4. The molecule has 1 aromatic heterocycles. The summed E-state index contributed by atoms with van der Waals surface area (Å²) in [7, 11) is -2.33. The van der Waals surface area contributed by atoms with Gasteiger partial charge in [0.15, 0.2) is 0 Å². The van der Waals surface area contributed by atoms with Crippen LogP contribution in [0.2, 0.25) is 0 Å². The largest absolute Gasteiger partial charge is 0.697 e. The van der Waals surface area contributed by atoms with Crippen molar-refractivity contribution < 1.29 is 18.3 Å². The fourth-order valence-corrected chi connectivity index (χ4v) is 5.61. The summed E-state index contributed by atoms with van der Waals surface area (Å²) in [6, 6.07) is -0.613. The van der Waals surface area contributed by atoms with Crippen molar-refractivity contribution in [3.63, 3.8) is 0 Å². The highest BCUT2D eigenvalue weighted by atomic mass is 31.1. The van der Waals surface area contributed by atoms with Crippen LogP contribution in [0.5, 0.6) is 0 Å². The summed E-state index contributed by atoms with van der Waals surface area (Å²) in [5.74, 6) is 0. The molecular weight excluding hydrogens is 533 g/mol. The highest BCUT2D eigenvalue weighted by Gasteiger charge is 2.38. The maximum atomic E-state index is 12.2. The smallest absolute Gasteiger partial charge is 0.352 e. The first kappa shape index (κ1) is 34.2. The molecule has 1 aromatic rings. The van der Waals surface area contributed by atoms with E-state index in [-0.39, 0.29) is 13.0 Å². The van der Waals surface area contributed by atoms with Crippen LogP contribution in [-0.2, 0) is 18.3 Å². The summed E-state index contributed by atoms with van der Waals surface area (Å²) in [6.07, 6.45) is 20.8. The normalized spacial score (nSPS) is 19.1. The number of hydrogen-bond acceptors (Lipinski definition) is 7. The van der Waals surface area contributed by atoms with Gasteiger partial charge in [-0.05, 0) is 18.9 Å². The van der Waals surface area contributed by atoms with Crippen molar-refractivity contribution in [2.45, 2.75) is 141 Å². The van der Waals surface area contributed by atoms with Gasteiger partial charge in [-0.25, -0.2) is 4.79 Å². The van der Waals surface area contributed by atoms with Crippen LogP contribution in [0.4, 0.5) is 0 Å². The van der Waals surface area contributed by atoms with Gasteiger partial charge in [-0.3, -0.25) is 14.3 Å². The number of nitrogens with one attached hydrogen (secondary N) is 1. The molecule has 12 heteroatoms. The van der Waals surface area contributed by atoms with Gasteiger partial charge in [0.25, 0.3) is 5.56 Å². The minimum atomic E-state index is -2.33. The summed E-state index contributed by atoms with van der Waals surface area (Å²) >= 11 is 0. The Morgan fingerprint density at radius 1 is 0.975 bits per heavy atom. The number of aryl methyl sites for hydroxylation is 1. The second-order valence-electron chi connectivity index (χ2n) is 10.8. The van der Waals surface area contributed by atoms with E-state index in [0.29, 0.717) is 12.2 Å². The lowest BCUT2D eigenvalue weighted by molar-refractivity contribution is -0.0235. The van der Waals surface area contributed by atoms with Gasteiger partial charge in [0.2, 0.25) is 0 Å². The van der Waals surface area contributed by atoms with Crippen molar-refractivity contribution in [3.05, 3.63) is 43.0 Å². The van der Waals surface area contributed by atoms with Crippen molar-refractivity contribution in [3.8, 4) is 0 Å². The molecule has 2 heterocycles. The first-order valence-electron chi connectivity index (χ1n) is 15.2. The van der Waals surface area contributed by atoms with Crippen molar-refractivity contribution >= 4 is 8.25 Å². The van der Waals surface area contributed by atoms with Crippen LogP contribution >= 0.6 is 8.25 Å². The standard InChI is InChI=1S/C28H48N5O6P/c1-3-4-5-6-7-8-9-10-11-12-13-14-15-16-17-18-19-37-40(36)38-22-25-24(31-32-29)20-26(39-25)33-21-23(2)27(34)30-28(33)35/h21,24-26H,3-20,22H2,1-2H3/p+1/t24?,25-,26-/m1/s1. The second kappa shape index (κ2) is 20.8. The molecule has 40 heavy (non-hydrogen) atoms. The zero-order chi connectivity index (χ0) is 29.0. The van der Waals surface area contributed by atoms with Crippen LogP contribution in [-0.4, -0.2) is 34.9 Å². The van der Waals surface area contributed by atoms with Gasteiger partial charge >= 0.3 is 13.9 Å². The molecule has 0 saturated carbocycles. The average molecular weight is 583 g/mol. The number of azide groups is 1. The highest BCUT2D eigenvalue weighted by Crippen LogP contribution is 2.33. The Balaban J connectivity index is 1.50. The van der Waals surface area contributed by atoms with Crippen molar-refractivity contribution in [2.24, 2.45) is 5.11 Å². The Hall–Kier alpha value is -2.03. The molecule has 0 aliphatic carbocycles. The van der Waals surface area contributed by atoms with E-state index in [1.54, 1.807) is 6.92 Å². The van der Waals surface area contributed by atoms with Gasteiger partial charge in [0, 0.05) is 27.7 Å². The lowest BCUT2D eigenvalue weighted by atomic mass is 10.0. The molecular formula is C28H49N5O6P+. The third-order valence-corrected chi connectivity index (χ3v) is 8.15. The molecule has 11 nitrogen and oxygen atoms in total. The van der Waals surface area contributed by atoms with E-state index in [2.05, 4.69) is 21.9 Å². The Morgan fingerprint density at radius 3 is 2.08 bits per heavy atom. The van der Waals surface area contributed by atoms with Crippen molar-refractivity contribution in [1.82, 2.24) is 9.55 Å². The third kappa shape index (κ3) is 13.6. The van der Waals surface area contributed by atoms with Crippen molar-refractivity contribution in [2.75, 3.05) is 13.2 Å². The van der Waals surface area contributed by atoms with Gasteiger partial charge in [0.05, 0.1) is 12.1 Å². The minimum absolute atomic E-state index is 0.106. The van der Waals surface area contributed by atoms with Gasteiger partial charge in [-0.2, -0.15) is 0 Å². The summed E-state index contributed by atoms with van der Waals surface area (Å²) in [6.45, 7) is 4.09. The van der Waals surface area contributed by atoms with E-state index >= 15 is 0 Å². The number of hydrogen-bond donors (Lipinski definition) is 1. The lowest BCUT2D eigenvalue weighted by Gasteiger charge is -2.14. The Kier molecular flexibility index (Phi) is 17.8. The summed E-state index contributed by atoms with van der Waals surface area (Å²) in [5, 5.41) is 3.73. The monoisotopic (exact) mass is 582 g/mol. The molecule has 2 unspecified atom stereocenters. The predicted octanol–water partition coefficient (Wildman–Crippen LogP) is 7.76. The zero-order valence-corrected chi connectivity index (χ0v) is 25.3. The maximum Gasteiger partial charge on any atom is 0.697 e. The topological polar surface area (TPSA) is 148 Å². The quantitative estimate of drug-likeness (QED) is 0.0458. The number of nitrogens with zero attached hydrogens (tertiary/aromatic N) is 4. The van der Waals surface area contributed by atoms with Gasteiger partial charge in [-0.15, -0.1) is 9.05 Å². The Morgan fingerprint density at radius 2 is 1.52 bits per heavy atom. The van der Waals surface area contributed by atoms with Crippen LogP contribution in [0.25, 0.3) is 10.4 Å². The summed E-state index contributed by atoms with van der Waals surface area (Å²) < 4.78 is 29.9. The maximum absolute atomic E-state index is 12.2. The van der Waals surface area contributed by atoms with E-state index in [9.17, 15) is 14.2 Å². The van der Waals surface area contributed by atoms with E-state index in [1.807, 2.05) is 0 Å². The average Bonchev–Trinajstić information content (AvgIpc) is 3.33. The van der Waals surface area contributed by atoms with Crippen LogP contribution in [0.15, 0.2) is 20.9 Å². The van der Waals surface area contributed by atoms with Crippen LogP contribution < -0.4 is 11.2 Å². The van der Waals surface area contributed by atoms with Gasteiger partial charge < -0.3 is 4.74 Å². The fourth-order valence-electron chi connectivity index (χ4n) is 4.98. The number of rotatable bonds is 23. The number of aromatic nitrogens is 2. The van der Waals surface area contributed by atoms with E-state index < -0.39 is 37.9 Å². The molecule has 0 bridgehead atoms. The van der Waals surface area contributed by atoms with Gasteiger partial charge in [0.1, 0.15) is 19.4 Å². The molecule has 1 aliphatic rings. The fraction of sp³-hybridized carbons (Fsp3) is 0.857. The molecule has 0 amide bonds. The Labute approximate surface area is 239 Å². The first-order chi connectivity index (χ1) is 19.5. The third-order valence-electron chi connectivity index (χ3n) is 7.40. The summed E-state index contributed by atoms with van der Waals surface area (Å²) in [5.41, 5.74) is 8.16. The number of aromatic amines is 1. The SMILES string of the molecule is CCCCCCCCCCCCCCCCCCO[P+](=O)OC[C@H]1O[C@@H](n2cc(C)c(=O)[nH]c2=O)CC1N=[N+]=[N-]. The second-order valence-corrected chi connectivity index (χ2v) is 11.7. The molecule has 0 spiro atoms. The first-order valence-corrected chi connectivity index (χ1v) is 16.3. The lowest BCUT2D eigenvalue weighted by Crippen LogP contribution is -2.33. The minimum Gasteiger partial charge on any atom is -0.352 e. The van der Waals surface area contributed by atoms with E-state index in [1.165, 1.54) is 94.2 Å². The molecule has 1 saturated heterocycles. The molecule has 1 aliphatic heterocycles. The molecule has 0 radical (unpaired) electrons. The molecule has 2 rings (SSSR count). The molecule has 1 fully saturated rings. The summed E-state index contributed by atoms with van der Waals surface area (Å²) in [4.78, 5) is 28.9. The molecule has 0 aromatic carbocycles. The van der Waals surface area contributed by atoms with E-state index in [0.717, 1.165) is 19.3 Å². The van der Waals surface area contributed by atoms with Crippen LogP contribution in [0, 0.1) is 6.92 Å². The van der Waals surface area contributed by atoms with Crippen LogP contribution in [0.3, 0.4) is 0 Å². The highest BCUT2D eigenvalue weighted by molar-refractivity contribution is 7.33. The number of ether oxygens (including phenoxy) is 1. The molecule has 4 atom stereocenters. The molecule has 226 valence electrons.